The summed E-state index contributed by atoms with van der Waals surface area (Å²) in [6.07, 6.45) is -4.13. The Labute approximate surface area is 257 Å². The van der Waals surface area contributed by atoms with Crippen molar-refractivity contribution in [1.82, 2.24) is 0 Å². The Hall–Kier alpha value is -2.59. The lowest BCUT2D eigenvalue weighted by atomic mass is 9.68. The summed E-state index contributed by atoms with van der Waals surface area (Å²) in [6.45, 7) is 2.26. The summed E-state index contributed by atoms with van der Waals surface area (Å²) in [4.78, 5) is 0. The summed E-state index contributed by atoms with van der Waals surface area (Å²) in [5.41, 5.74) is 1.85. The van der Waals surface area contributed by atoms with Gasteiger partial charge in [-0.1, -0.05) is 31.9 Å². The molecule has 0 aromatic heterocycles. The molecular formula is C34H39F9O2. The Balaban J connectivity index is 1.11. The van der Waals surface area contributed by atoms with Crippen molar-refractivity contribution in [3.8, 4) is 11.5 Å². The lowest BCUT2D eigenvalue weighted by Crippen LogP contribution is -2.38. The lowest BCUT2D eigenvalue weighted by molar-refractivity contribution is -0.255. The van der Waals surface area contributed by atoms with E-state index in [4.69, 9.17) is 0 Å². The summed E-state index contributed by atoms with van der Waals surface area (Å²) in [7, 11) is 0. The Morgan fingerprint density at radius 2 is 1.18 bits per heavy atom. The van der Waals surface area contributed by atoms with Gasteiger partial charge in [0.15, 0.2) is 17.4 Å². The van der Waals surface area contributed by atoms with Gasteiger partial charge in [-0.05, 0) is 111 Å². The first kappa shape index (κ1) is 33.8. The van der Waals surface area contributed by atoms with Gasteiger partial charge in [-0.2, -0.15) is 26.3 Å². The fraction of sp³-hybridized carbons (Fsp3) is 0.647. The fourth-order valence-corrected chi connectivity index (χ4v) is 7.66. The minimum Gasteiger partial charge on any atom is -0.432 e. The van der Waals surface area contributed by atoms with Gasteiger partial charge in [0.2, 0.25) is 0 Å². The van der Waals surface area contributed by atoms with Gasteiger partial charge in [-0.15, -0.1) is 0 Å². The van der Waals surface area contributed by atoms with Crippen LogP contribution in [0, 0.1) is 41.1 Å². The van der Waals surface area contributed by atoms with E-state index in [1.54, 1.807) is 6.07 Å². The van der Waals surface area contributed by atoms with Crippen molar-refractivity contribution in [2.24, 2.45) is 23.7 Å². The summed E-state index contributed by atoms with van der Waals surface area (Å²) in [5, 5.41) is 0. The van der Waals surface area contributed by atoms with Crippen LogP contribution in [0.3, 0.4) is 0 Å². The van der Waals surface area contributed by atoms with Crippen LogP contribution in [-0.4, -0.2) is 18.6 Å². The molecule has 0 saturated heterocycles. The van der Waals surface area contributed by atoms with Gasteiger partial charge in [-0.3, -0.25) is 0 Å². The molecule has 0 unspecified atom stereocenters. The van der Waals surface area contributed by atoms with E-state index in [0.29, 0.717) is 24.7 Å². The maximum absolute atomic E-state index is 15.2. The summed E-state index contributed by atoms with van der Waals surface area (Å²) < 4.78 is 132. The lowest BCUT2D eigenvalue weighted by Gasteiger charge is -2.39. The smallest absolute Gasteiger partial charge is 0.432 e. The predicted molar refractivity (Wildman–Crippen MR) is 150 cm³/mol. The number of hydrogen-bond acceptors (Lipinski definition) is 2. The highest BCUT2D eigenvalue weighted by Crippen LogP contribution is 2.48. The molecule has 0 aliphatic heterocycles. The van der Waals surface area contributed by atoms with E-state index in [1.807, 2.05) is 6.07 Å². The highest BCUT2D eigenvalue weighted by molar-refractivity contribution is 5.35. The van der Waals surface area contributed by atoms with Gasteiger partial charge in [0.25, 0.3) is 0 Å². The molecule has 3 aliphatic rings. The molecule has 3 fully saturated rings. The SMILES string of the molecule is CC1CCC(c2ccc(C3CCC(C4CCC(C(F)(F)Oc5cc(F)c(OC(F)(F)C(F)F)c(F)c5)CC4)CC3)c(F)c2)CC1. The van der Waals surface area contributed by atoms with Crippen molar-refractivity contribution in [3.63, 3.8) is 0 Å². The molecule has 2 aromatic rings. The highest BCUT2D eigenvalue weighted by atomic mass is 19.3. The van der Waals surface area contributed by atoms with Crippen molar-refractivity contribution in [1.29, 1.82) is 0 Å². The van der Waals surface area contributed by atoms with E-state index in [0.717, 1.165) is 55.6 Å². The molecule has 0 amide bonds. The zero-order valence-corrected chi connectivity index (χ0v) is 25.1. The van der Waals surface area contributed by atoms with Crippen LogP contribution >= 0.6 is 0 Å². The Morgan fingerprint density at radius 3 is 1.71 bits per heavy atom. The fourth-order valence-electron chi connectivity index (χ4n) is 7.66. The number of benzene rings is 2. The van der Waals surface area contributed by atoms with Crippen molar-refractivity contribution in [3.05, 3.63) is 58.9 Å². The molecule has 0 heterocycles. The van der Waals surface area contributed by atoms with E-state index in [9.17, 15) is 35.1 Å². The molecule has 0 N–H and O–H groups in total. The van der Waals surface area contributed by atoms with Crippen LogP contribution in [0.15, 0.2) is 30.3 Å². The maximum atomic E-state index is 15.2. The normalized spacial score (nSPS) is 28.2. The minimum absolute atomic E-state index is 0.112. The molecule has 11 heteroatoms. The second-order valence-corrected chi connectivity index (χ2v) is 13.3. The van der Waals surface area contributed by atoms with Gasteiger partial charge >= 0.3 is 18.6 Å². The summed E-state index contributed by atoms with van der Waals surface area (Å²) in [5.74, 6) is -6.08. The number of rotatable bonds is 9. The number of halogens is 9. The Bertz CT molecular complexity index is 1270. The molecule has 3 aliphatic carbocycles. The Kier molecular flexibility index (Phi) is 10.2. The van der Waals surface area contributed by atoms with Gasteiger partial charge in [0, 0.05) is 12.1 Å². The largest absolute Gasteiger partial charge is 0.461 e. The molecule has 0 atom stereocenters. The second kappa shape index (κ2) is 13.6. The van der Waals surface area contributed by atoms with E-state index >= 15 is 4.39 Å². The van der Waals surface area contributed by atoms with Crippen molar-refractivity contribution < 1.29 is 49.0 Å². The molecule has 45 heavy (non-hydrogen) atoms. The zero-order chi connectivity index (χ0) is 32.5. The first-order chi connectivity index (χ1) is 21.2. The van der Waals surface area contributed by atoms with Crippen LogP contribution in [0.1, 0.15) is 107 Å². The van der Waals surface area contributed by atoms with Crippen molar-refractivity contribution in [2.45, 2.75) is 114 Å². The molecule has 250 valence electrons. The van der Waals surface area contributed by atoms with E-state index in [-0.39, 0.29) is 42.6 Å². The van der Waals surface area contributed by atoms with Crippen LogP contribution in [0.2, 0.25) is 0 Å². The predicted octanol–water partition coefficient (Wildman–Crippen LogP) is 11.4. The summed E-state index contributed by atoms with van der Waals surface area (Å²) in [6, 6.07) is 6.17. The van der Waals surface area contributed by atoms with Crippen molar-refractivity contribution >= 4 is 0 Å². The molecule has 5 rings (SSSR count). The number of hydrogen-bond donors (Lipinski definition) is 0. The molecular weight excluding hydrogens is 611 g/mol. The second-order valence-electron chi connectivity index (χ2n) is 13.3. The maximum Gasteiger partial charge on any atom is 0.461 e. The van der Waals surface area contributed by atoms with E-state index < -0.39 is 47.7 Å². The monoisotopic (exact) mass is 650 g/mol. The highest BCUT2D eigenvalue weighted by Gasteiger charge is 2.47. The molecule has 0 bridgehead atoms. The number of ether oxygens (including phenoxy) is 2. The molecule has 0 radical (unpaired) electrons. The van der Waals surface area contributed by atoms with Crippen LogP contribution in [0.25, 0.3) is 0 Å². The van der Waals surface area contributed by atoms with E-state index in [1.165, 1.54) is 12.8 Å². The van der Waals surface area contributed by atoms with Crippen LogP contribution in [0.4, 0.5) is 39.5 Å². The Morgan fingerprint density at radius 1 is 0.644 bits per heavy atom. The minimum atomic E-state index is -5.18. The van der Waals surface area contributed by atoms with Gasteiger partial charge in [0.05, 0.1) is 5.92 Å². The third-order valence-electron chi connectivity index (χ3n) is 10.4. The topological polar surface area (TPSA) is 18.5 Å². The van der Waals surface area contributed by atoms with Crippen molar-refractivity contribution in [2.75, 3.05) is 0 Å². The van der Waals surface area contributed by atoms with E-state index in [2.05, 4.69) is 22.5 Å². The first-order valence-electron chi connectivity index (χ1n) is 15.9. The zero-order valence-electron chi connectivity index (χ0n) is 25.1. The molecule has 0 spiro atoms. The van der Waals surface area contributed by atoms with Crippen LogP contribution in [0.5, 0.6) is 11.5 Å². The molecule has 2 nitrogen and oxygen atoms in total. The van der Waals surface area contributed by atoms with Gasteiger partial charge in [-0.25, -0.2) is 13.2 Å². The van der Waals surface area contributed by atoms with Gasteiger partial charge < -0.3 is 9.47 Å². The average molecular weight is 651 g/mol. The van der Waals surface area contributed by atoms with Crippen LogP contribution in [-0.2, 0) is 0 Å². The van der Waals surface area contributed by atoms with Gasteiger partial charge in [0.1, 0.15) is 11.6 Å². The summed E-state index contributed by atoms with van der Waals surface area (Å²) >= 11 is 0. The standard InChI is InChI=1S/C34H39F9O2/c1-19-2-4-22(5-3-19)24-12-15-27(28(35)16-24)23-8-6-20(7-9-23)21-10-13-25(14-11-21)33(40,41)44-26-17-29(36)31(30(37)18-26)45-34(42,43)32(38)39/h12,15-23,25,32H,2-11,13-14H2,1H3. The third kappa shape index (κ3) is 7.87. The number of alkyl halides is 6. The molecule has 3 saturated carbocycles. The average Bonchev–Trinajstić information content (AvgIpc) is 2.99. The molecule has 2 aromatic carbocycles. The first-order valence-corrected chi connectivity index (χ1v) is 15.9. The van der Waals surface area contributed by atoms with Crippen LogP contribution < -0.4 is 9.47 Å². The third-order valence-corrected chi connectivity index (χ3v) is 10.4. The quantitative estimate of drug-likeness (QED) is 0.252.